The first-order chi connectivity index (χ1) is 13.3. The molecule has 0 fully saturated rings. The summed E-state index contributed by atoms with van der Waals surface area (Å²) >= 11 is 0. The van der Waals surface area contributed by atoms with E-state index in [1.165, 1.54) is 51.4 Å². The number of carboxylic acids is 2. The van der Waals surface area contributed by atoms with Gasteiger partial charge in [-0.2, -0.15) is 12.7 Å². The third-order valence-electron chi connectivity index (χ3n) is 5.04. The zero-order valence-corrected chi connectivity index (χ0v) is 21.4. The second-order valence-electron chi connectivity index (χ2n) is 9.68. The van der Waals surface area contributed by atoms with E-state index in [9.17, 15) is 9.59 Å². The molecular weight excluding hydrogens is 416 g/mol. The van der Waals surface area contributed by atoms with Crippen LogP contribution in [0.4, 0.5) is 0 Å². The minimum atomic E-state index is -0.757. The van der Waals surface area contributed by atoms with Gasteiger partial charge in [0.1, 0.15) is 0 Å². The van der Waals surface area contributed by atoms with E-state index in [1.807, 2.05) is 0 Å². The quantitative estimate of drug-likeness (QED) is 0.388. The van der Waals surface area contributed by atoms with Crippen LogP contribution in [0.25, 0.3) is 0 Å². The van der Waals surface area contributed by atoms with Crippen LogP contribution in [0.3, 0.4) is 0 Å². The van der Waals surface area contributed by atoms with Crippen LogP contribution in [0, 0.1) is 17.3 Å². The summed E-state index contributed by atoms with van der Waals surface area (Å²) in [5.74, 6) is -1.51. The number of hydrogen-bond acceptors (Lipinski definition) is 3. The molecule has 3 rings (SSSR count). The molecule has 0 aromatic heterocycles. The van der Waals surface area contributed by atoms with Crippen molar-refractivity contribution in [2.45, 2.75) is 92.9 Å². The number of fused-ring (bicyclic) bond motifs is 1. The first kappa shape index (κ1) is 31.2. The zero-order chi connectivity index (χ0) is 22.8. The van der Waals surface area contributed by atoms with Crippen molar-refractivity contribution in [1.29, 1.82) is 0 Å². The summed E-state index contributed by atoms with van der Waals surface area (Å²) in [5, 5.41) is 24.8. The number of carboxylic acid groups (broad SMARTS) is 2. The minimum Gasteiger partial charge on any atom is -0.857 e. The molecule has 0 unspecified atom stereocenters. The molecule has 5 nitrogen and oxygen atoms in total. The van der Waals surface area contributed by atoms with Crippen LogP contribution in [0.5, 0.6) is 0 Å². The Morgan fingerprint density at radius 2 is 1.20 bits per heavy atom. The second-order valence-corrected chi connectivity index (χ2v) is 9.68. The van der Waals surface area contributed by atoms with Gasteiger partial charge in [0.15, 0.2) is 0 Å². The number of aliphatic carboxylic acids is 2. The van der Waals surface area contributed by atoms with Gasteiger partial charge in [0, 0.05) is 0 Å². The first-order valence-corrected chi connectivity index (χ1v) is 10.5. The van der Waals surface area contributed by atoms with E-state index in [0.29, 0.717) is 0 Å². The van der Waals surface area contributed by atoms with Crippen molar-refractivity contribution in [3.8, 4) is 0 Å². The summed E-state index contributed by atoms with van der Waals surface area (Å²) in [6.07, 6.45) is 13.6. The van der Waals surface area contributed by atoms with Gasteiger partial charge in [-0.3, -0.25) is 9.59 Å². The number of allylic oxidation sites excluding steroid dienone is 4. The second kappa shape index (κ2) is 14.1. The summed E-state index contributed by atoms with van der Waals surface area (Å²) in [6, 6.07) is 0. The topological polar surface area (TPSA) is 97.7 Å². The van der Waals surface area contributed by atoms with E-state index in [4.69, 9.17) is 15.3 Å². The molecule has 0 amide bonds. The van der Waals surface area contributed by atoms with E-state index in [1.54, 1.807) is 63.8 Å². The van der Waals surface area contributed by atoms with E-state index >= 15 is 0 Å². The van der Waals surface area contributed by atoms with Gasteiger partial charge in [-0.1, -0.05) is 24.8 Å². The Hall–Kier alpha value is -1.04. The molecule has 0 spiro atoms. The van der Waals surface area contributed by atoms with Crippen LogP contribution < -0.4 is 5.11 Å². The number of carbonyl (C=O) groups is 2. The molecule has 0 aliphatic heterocycles. The van der Waals surface area contributed by atoms with E-state index in [-0.39, 0.29) is 21.7 Å². The molecule has 0 radical (unpaired) electrons. The zero-order valence-electron chi connectivity index (χ0n) is 19.9. The number of rotatable bonds is 0. The summed E-state index contributed by atoms with van der Waals surface area (Å²) in [5.41, 5.74) is 5.89. The molecule has 3 aliphatic rings. The van der Waals surface area contributed by atoms with Gasteiger partial charge >= 0.3 is 33.7 Å². The van der Waals surface area contributed by atoms with Gasteiger partial charge in [0.05, 0.1) is 10.8 Å². The van der Waals surface area contributed by atoms with Gasteiger partial charge in [-0.25, -0.2) is 12.0 Å². The fraction of sp³-hybridized carbons (Fsp3) is 0.708. The Labute approximate surface area is 197 Å². The number of hydrogen-bond donors (Lipinski definition) is 2. The van der Waals surface area contributed by atoms with Gasteiger partial charge in [0.2, 0.25) is 0 Å². The molecule has 3 aliphatic carbocycles. The van der Waals surface area contributed by atoms with Crippen LogP contribution in [0.2, 0.25) is 0 Å². The van der Waals surface area contributed by atoms with Crippen molar-refractivity contribution in [2.24, 2.45) is 10.8 Å². The van der Waals surface area contributed by atoms with Crippen molar-refractivity contribution < 1.29 is 46.6 Å². The molecule has 0 heterocycles. The third kappa shape index (κ3) is 10.8. The van der Waals surface area contributed by atoms with Crippen molar-refractivity contribution in [1.82, 2.24) is 0 Å². The Bertz CT molecular complexity index is 564. The predicted molar refractivity (Wildman–Crippen MR) is 115 cm³/mol. The molecule has 0 saturated heterocycles. The Balaban J connectivity index is 0. The molecule has 0 atom stereocenters. The Morgan fingerprint density at radius 1 is 0.800 bits per heavy atom. The summed E-state index contributed by atoms with van der Waals surface area (Å²) < 4.78 is 0. The van der Waals surface area contributed by atoms with Gasteiger partial charge in [0.25, 0.3) is 0 Å². The average molecular weight is 456 g/mol. The van der Waals surface area contributed by atoms with Crippen molar-refractivity contribution >= 4 is 11.9 Å². The van der Waals surface area contributed by atoms with E-state index in [2.05, 4.69) is 6.42 Å². The van der Waals surface area contributed by atoms with Crippen LogP contribution >= 0.6 is 0 Å². The molecular formula is C24H40O5Ti. The molecule has 0 aromatic rings. The van der Waals surface area contributed by atoms with Crippen LogP contribution in [0.1, 0.15) is 92.9 Å². The van der Waals surface area contributed by atoms with Gasteiger partial charge in [-0.05, 0) is 67.2 Å². The fourth-order valence-corrected chi connectivity index (χ4v) is 3.12. The monoisotopic (exact) mass is 456 g/mol. The van der Waals surface area contributed by atoms with E-state index < -0.39 is 22.8 Å². The minimum absolute atomic E-state index is 0. The molecule has 6 heteroatoms. The smallest absolute Gasteiger partial charge is 0.857 e. The fourth-order valence-electron chi connectivity index (χ4n) is 3.12. The predicted octanol–water partition coefficient (Wildman–Crippen LogP) is 5.15. The molecule has 2 N–H and O–H groups in total. The molecule has 0 aromatic carbocycles. The Morgan fingerprint density at radius 3 is 1.63 bits per heavy atom. The van der Waals surface area contributed by atoms with Crippen LogP contribution in [-0.2, 0) is 31.3 Å². The van der Waals surface area contributed by atoms with Crippen molar-refractivity contribution in [2.75, 3.05) is 7.11 Å². The van der Waals surface area contributed by atoms with Crippen LogP contribution in [-0.4, -0.2) is 29.3 Å². The van der Waals surface area contributed by atoms with Gasteiger partial charge in [-0.15, -0.1) is 12.0 Å². The van der Waals surface area contributed by atoms with Crippen molar-refractivity contribution in [3.05, 3.63) is 28.7 Å². The molecule has 30 heavy (non-hydrogen) atoms. The SMILES string of the molecule is CC(C)(C)C(=O)O.CC(C)(C)C(=O)O.C[O-].[CH-]1CCCC2=C1CC1=C2CCCC1.[Ti+2]. The molecule has 0 bridgehead atoms. The van der Waals surface area contributed by atoms with E-state index in [0.717, 1.165) is 7.11 Å². The third-order valence-corrected chi connectivity index (χ3v) is 5.04. The summed E-state index contributed by atoms with van der Waals surface area (Å²) in [7, 11) is 0.750. The summed E-state index contributed by atoms with van der Waals surface area (Å²) in [4.78, 5) is 20.0. The first-order valence-electron chi connectivity index (χ1n) is 10.5. The average Bonchev–Trinajstić information content (AvgIpc) is 3.01. The molecule has 170 valence electrons. The Kier molecular flexibility index (Phi) is 14.6. The summed E-state index contributed by atoms with van der Waals surface area (Å²) in [6.45, 7) is 9.97. The maximum Gasteiger partial charge on any atom is 2.00 e. The van der Waals surface area contributed by atoms with Crippen LogP contribution in [0.15, 0.2) is 22.3 Å². The standard InChI is InChI=1S/C13H17.2C5H10O2.CH3O.Ti/c1-3-7-12-10(5-1)9-11-6-2-4-8-13(11)12;2*1-5(2,3)4(6)7;1-2;/h5H,1-4,6-9H2;2*1-3H3,(H,6,7);1H3;/q-1;;;-1;+2. The maximum atomic E-state index is 10.0. The maximum absolute atomic E-state index is 10.0. The normalized spacial score (nSPS) is 17.2. The largest absolute Gasteiger partial charge is 2.00 e. The van der Waals surface area contributed by atoms with Crippen molar-refractivity contribution in [3.63, 3.8) is 0 Å². The van der Waals surface area contributed by atoms with Gasteiger partial charge < -0.3 is 15.3 Å². The molecule has 0 saturated carbocycles.